The van der Waals surface area contributed by atoms with Crippen molar-refractivity contribution in [1.29, 1.82) is 0 Å². The zero-order chi connectivity index (χ0) is 41.9. The highest BCUT2D eigenvalue weighted by molar-refractivity contribution is 7.99. The Bertz CT molecular complexity index is 2370. The minimum Gasteiger partial charge on any atom is -0.467 e. The Morgan fingerprint density at radius 2 is 1.22 bits per heavy atom. The summed E-state index contributed by atoms with van der Waals surface area (Å²) in [5, 5.41) is 2.17. The summed E-state index contributed by atoms with van der Waals surface area (Å²) in [7, 11) is 2.54. The highest BCUT2D eigenvalue weighted by Gasteiger charge is 2.34. The van der Waals surface area contributed by atoms with E-state index < -0.39 is 41.2 Å². The number of fused-ring (bicyclic) bond motifs is 2. The van der Waals surface area contributed by atoms with Crippen molar-refractivity contribution in [3.8, 4) is 22.3 Å². The molecule has 3 aromatic heterocycles. The second kappa shape index (κ2) is 20.8. The molecule has 0 aliphatic carbocycles. The number of hydrogen-bond donors (Lipinski definition) is 0. The third-order valence-corrected chi connectivity index (χ3v) is 12.2. The van der Waals surface area contributed by atoms with Crippen molar-refractivity contribution in [2.75, 3.05) is 20.0 Å². The molecule has 0 saturated heterocycles. The van der Waals surface area contributed by atoms with Crippen LogP contribution in [0.4, 0.5) is 17.6 Å². The molecule has 0 radical (unpaired) electrons. The maximum atomic E-state index is 14.0. The van der Waals surface area contributed by atoms with Crippen LogP contribution in [-0.4, -0.2) is 40.9 Å². The summed E-state index contributed by atoms with van der Waals surface area (Å²) in [6, 6.07) is 9.78. The topological polar surface area (TPSA) is 96.1 Å². The molecule has 0 bridgehead atoms. The number of nitrogens with zero attached hydrogens (tertiary/aromatic N) is 2. The first-order valence-corrected chi connectivity index (χ1v) is 21.5. The van der Waals surface area contributed by atoms with Crippen LogP contribution >= 0.6 is 23.1 Å². The second-order valence-electron chi connectivity index (χ2n) is 14.1. The summed E-state index contributed by atoms with van der Waals surface area (Å²) in [5.74, 6) is -4.47. The van der Waals surface area contributed by atoms with E-state index in [1.54, 1.807) is 5.38 Å². The third-order valence-electron chi connectivity index (χ3n) is 10.1. The number of carbonyl (C=O) groups excluding carboxylic acids is 2. The van der Waals surface area contributed by atoms with Crippen LogP contribution in [0.5, 0.6) is 0 Å². The van der Waals surface area contributed by atoms with Gasteiger partial charge in [0, 0.05) is 34.4 Å². The maximum absolute atomic E-state index is 14.0. The normalized spacial score (nSPS) is 13.3. The molecule has 0 unspecified atom stereocenters. The van der Waals surface area contributed by atoms with Gasteiger partial charge in [0.25, 0.3) is 11.1 Å². The number of thioether (sulfide) groups is 1. The highest BCUT2D eigenvalue weighted by atomic mass is 32.2. The fourth-order valence-electron chi connectivity index (χ4n) is 7.16. The predicted molar refractivity (Wildman–Crippen MR) is 221 cm³/mol. The average molecular weight is 841 g/mol. The van der Waals surface area contributed by atoms with Crippen LogP contribution in [0.2, 0.25) is 0 Å². The van der Waals surface area contributed by atoms with Gasteiger partial charge < -0.3 is 9.47 Å². The molecule has 0 amide bonds. The van der Waals surface area contributed by atoms with Gasteiger partial charge in [0.1, 0.15) is 16.6 Å². The largest absolute Gasteiger partial charge is 0.467 e. The van der Waals surface area contributed by atoms with Crippen molar-refractivity contribution in [2.24, 2.45) is 0 Å². The number of halogens is 4. The van der Waals surface area contributed by atoms with Crippen molar-refractivity contribution in [1.82, 2.24) is 8.97 Å². The van der Waals surface area contributed by atoms with E-state index in [0.29, 0.717) is 50.7 Å². The number of unbranched alkanes of at least 4 members (excludes halogenated alkanes) is 8. The Morgan fingerprint density at radius 3 is 1.76 bits per heavy atom. The molecular weight excluding hydrogens is 793 g/mol. The molecule has 2 aromatic carbocycles. The second-order valence-corrected chi connectivity index (χ2v) is 16.0. The lowest BCUT2D eigenvalue weighted by Gasteiger charge is -2.17. The first kappa shape index (κ1) is 44.4. The minimum absolute atomic E-state index is 0.121. The number of thiazole rings is 1. The molecule has 14 heteroatoms. The fourth-order valence-corrected chi connectivity index (χ4v) is 9.60. The molecule has 58 heavy (non-hydrogen) atoms. The third kappa shape index (κ3) is 10.1. The van der Waals surface area contributed by atoms with E-state index in [1.807, 2.05) is 0 Å². The predicted octanol–water partition coefficient (Wildman–Crippen LogP) is 10.7. The summed E-state index contributed by atoms with van der Waals surface area (Å²) >= 11 is 2.58. The van der Waals surface area contributed by atoms with Crippen LogP contribution in [0, 0.1) is 23.3 Å². The van der Waals surface area contributed by atoms with E-state index in [4.69, 9.17) is 9.47 Å². The number of carbonyl (C=O) groups is 2. The molecule has 6 rings (SSSR count). The van der Waals surface area contributed by atoms with Crippen LogP contribution in [-0.2, 0) is 27.1 Å². The van der Waals surface area contributed by atoms with Gasteiger partial charge in [0.15, 0.2) is 23.3 Å². The zero-order valence-corrected chi connectivity index (χ0v) is 34.8. The minimum atomic E-state index is -0.953. The standard InChI is InChI=1S/C22H25F2NO3S.C22H23F2NO3S/c2*1-3-4-5-6-7-8-14-12-19(26)25-18(22(27)28-2)13-29-21(25)20(14)15-9-10-16(23)17(24)11-15/h9-12,18H,3-8,13H2,1-2H3;9-13H,3-8H2,1-2H3/t18-;/m0./s1. The van der Waals surface area contributed by atoms with Gasteiger partial charge >= 0.3 is 11.9 Å². The summed E-state index contributed by atoms with van der Waals surface area (Å²) in [6.07, 6.45) is 12.0. The van der Waals surface area contributed by atoms with Gasteiger partial charge in [-0.25, -0.2) is 27.2 Å². The SMILES string of the molecule is CCCCCCCc1cc(=O)n2c(C(=O)OC)csc2c1-c1ccc(F)c(F)c1.CCCCCCCc1cc(=O)n2c(c1-c1ccc(F)c(F)c1)SC[C@H]2C(=O)OC. The van der Waals surface area contributed by atoms with Gasteiger partial charge in [-0.2, -0.15) is 0 Å². The van der Waals surface area contributed by atoms with E-state index in [2.05, 4.69) is 13.8 Å². The number of aryl methyl sites for hydroxylation is 2. The van der Waals surface area contributed by atoms with Crippen LogP contribution in [0.15, 0.2) is 68.5 Å². The molecule has 4 heterocycles. The summed E-state index contributed by atoms with van der Waals surface area (Å²) in [4.78, 5) is 50.3. The first-order valence-electron chi connectivity index (χ1n) is 19.6. The number of hydrogen-bond acceptors (Lipinski definition) is 8. The van der Waals surface area contributed by atoms with Gasteiger partial charge in [-0.05, 0) is 72.2 Å². The van der Waals surface area contributed by atoms with Crippen molar-refractivity contribution < 1.29 is 36.6 Å². The van der Waals surface area contributed by atoms with Gasteiger partial charge in [-0.1, -0.05) is 77.3 Å². The molecule has 0 fully saturated rings. The zero-order valence-electron chi connectivity index (χ0n) is 33.1. The number of benzene rings is 2. The van der Waals surface area contributed by atoms with Crippen molar-refractivity contribution in [3.05, 3.63) is 115 Å². The molecule has 0 spiro atoms. The average Bonchev–Trinajstić information content (AvgIpc) is 3.87. The van der Waals surface area contributed by atoms with Crippen molar-refractivity contribution >= 4 is 39.9 Å². The number of rotatable bonds is 16. The van der Waals surface area contributed by atoms with Gasteiger partial charge in [0.2, 0.25) is 0 Å². The lowest BCUT2D eigenvalue weighted by molar-refractivity contribution is -0.143. The van der Waals surface area contributed by atoms with Crippen LogP contribution in [0.1, 0.15) is 106 Å². The molecule has 5 aromatic rings. The van der Waals surface area contributed by atoms with Crippen molar-refractivity contribution in [3.63, 3.8) is 0 Å². The Morgan fingerprint density at radius 1 is 0.690 bits per heavy atom. The van der Waals surface area contributed by atoms with Crippen LogP contribution in [0.25, 0.3) is 27.1 Å². The smallest absolute Gasteiger partial charge is 0.356 e. The van der Waals surface area contributed by atoms with Gasteiger partial charge in [-0.15, -0.1) is 23.1 Å². The van der Waals surface area contributed by atoms with Gasteiger partial charge in [0.05, 0.1) is 19.2 Å². The summed E-state index contributed by atoms with van der Waals surface area (Å²) in [6.45, 7) is 4.29. The van der Waals surface area contributed by atoms with Crippen molar-refractivity contribution in [2.45, 2.75) is 102 Å². The van der Waals surface area contributed by atoms with Crippen LogP contribution in [0.3, 0.4) is 0 Å². The summed E-state index contributed by atoms with van der Waals surface area (Å²) in [5.41, 5.74) is 3.44. The first-order chi connectivity index (χ1) is 27.9. The molecule has 0 N–H and O–H groups in total. The van der Waals surface area contributed by atoms with Gasteiger partial charge in [-0.3, -0.25) is 18.6 Å². The number of pyridine rings is 2. The van der Waals surface area contributed by atoms with E-state index >= 15 is 0 Å². The highest BCUT2D eigenvalue weighted by Crippen LogP contribution is 2.42. The quantitative estimate of drug-likeness (QED) is 0.0555. The number of methoxy groups -OCH3 is 2. The fraction of sp³-hybridized carbons (Fsp3) is 0.409. The lowest BCUT2D eigenvalue weighted by Crippen LogP contribution is -2.30. The molecule has 8 nitrogen and oxygen atoms in total. The molecule has 0 saturated carbocycles. The Labute approximate surface area is 343 Å². The maximum Gasteiger partial charge on any atom is 0.356 e. The Kier molecular flexibility index (Phi) is 16.0. The molecule has 310 valence electrons. The monoisotopic (exact) mass is 840 g/mol. The molecule has 1 atom stereocenters. The van der Waals surface area contributed by atoms with E-state index in [0.717, 1.165) is 93.2 Å². The number of esters is 2. The van der Waals surface area contributed by atoms with E-state index in [1.165, 1.54) is 77.0 Å². The van der Waals surface area contributed by atoms with E-state index in [9.17, 15) is 36.7 Å². The summed E-state index contributed by atoms with van der Waals surface area (Å²) < 4.78 is 67.2. The Hall–Kier alpha value is -4.69. The molecular formula is C44H48F4N2O6S2. The molecule has 1 aliphatic heterocycles. The number of aromatic nitrogens is 2. The lowest BCUT2D eigenvalue weighted by atomic mass is 9.96. The Balaban J connectivity index is 0.000000221. The number of ether oxygens (including phenoxy) is 2. The molecule has 1 aliphatic rings. The van der Waals surface area contributed by atoms with Crippen LogP contribution < -0.4 is 11.1 Å². The van der Waals surface area contributed by atoms with E-state index in [-0.39, 0.29) is 16.8 Å².